The van der Waals surface area contributed by atoms with Crippen LogP contribution in [-0.2, 0) is 29.9 Å². The Kier molecular flexibility index (Phi) is 6.93. The SMILES string of the molecule is Cc1nc(N)ccc1CNC(=O)[C@@H]1CCc2cnc(N[C@@](O)(Cc3ccccc3)c3ccccc3)c(=O)n21. The molecule has 2 aromatic carbocycles. The Morgan fingerprint density at radius 1 is 1.11 bits per heavy atom. The van der Waals surface area contributed by atoms with Gasteiger partial charge in [0.05, 0.1) is 0 Å². The topological polar surface area (TPSA) is 135 Å². The molecule has 1 aliphatic heterocycles. The Balaban J connectivity index is 1.41. The van der Waals surface area contributed by atoms with Crippen LogP contribution >= 0.6 is 0 Å². The van der Waals surface area contributed by atoms with Crippen molar-refractivity contribution in [1.29, 1.82) is 0 Å². The first-order valence-corrected chi connectivity index (χ1v) is 12.5. The van der Waals surface area contributed by atoms with Gasteiger partial charge in [0.2, 0.25) is 5.91 Å². The van der Waals surface area contributed by atoms with Gasteiger partial charge in [0.15, 0.2) is 11.5 Å². The lowest BCUT2D eigenvalue weighted by atomic mass is 9.95. The average molecular weight is 511 g/mol. The summed E-state index contributed by atoms with van der Waals surface area (Å²) in [6, 6.07) is 21.5. The lowest BCUT2D eigenvalue weighted by Crippen LogP contribution is -2.42. The zero-order valence-electron chi connectivity index (χ0n) is 21.1. The van der Waals surface area contributed by atoms with Gasteiger partial charge in [-0.1, -0.05) is 66.7 Å². The first-order valence-electron chi connectivity index (χ1n) is 12.5. The molecule has 0 saturated carbocycles. The van der Waals surface area contributed by atoms with Crippen molar-refractivity contribution in [1.82, 2.24) is 19.9 Å². The van der Waals surface area contributed by atoms with Crippen molar-refractivity contribution in [3.05, 3.63) is 117 Å². The fourth-order valence-corrected chi connectivity index (χ4v) is 4.89. The molecule has 0 bridgehead atoms. The van der Waals surface area contributed by atoms with Crippen molar-refractivity contribution in [2.45, 2.75) is 44.5 Å². The lowest BCUT2D eigenvalue weighted by Gasteiger charge is -2.30. The summed E-state index contributed by atoms with van der Waals surface area (Å²) < 4.78 is 1.48. The maximum absolute atomic E-state index is 13.6. The van der Waals surface area contributed by atoms with Gasteiger partial charge in [0.1, 0.15) is 11.9 Å². The fraction of sp³-hybridized carbons (Fsp3) is 0.241. The molecular formula is C29H30N6O3. The zero-order valence-corrected chi connectivity index (χ0v) is 21.1. The van der Waals surface area contributed by atoms with Crippen molar-refractivity contribution in [2.75, 3.05) is 11.1 Å². The highest BCUT2D eigenvalue weighted by Gasteiger charge is 2.34. The summed E-state index contributed by atoms with van der Waals surface area (Å²) in [4.78, 5) is 35.4. The number of carbonyl (C=O) groups is 1. The van der Waals surface area contributed by atoms with E-state index in [9.17, 15) is 14.7 Å². The highest BCUT2D eigenvalue weighted by Crippen LogP contribution is 2.28. The first kappa shape index (κ1) is 25.2. The molecule has 0 unspecified atom stereocenters. The van der Waals surface area contributed by atoms with Crippen molar-refractivity contribution in [3.63, 3.8) is 0 Å². The second-order valence-electron chi connectivity index (χ2n) is 9.54. The molecule has 0 radical (unpaired) electrons. The van der Waals surface area contributed by atoms with Crippen molar-refractivity contribution < 1.29 is 9.90 Å². The number of fused-ring (bicyclic) bond motifs is 1. The number of nitrogens with one attached hydrogen (secondary N) is 2. The number of benzene rings is 2. The summed E-state index contributed by atoms with van der Waals surface area (Å²) in [5.41, 5.74) is 7.43. The van der Waals surface area contributed by atoms with Crippen LogP contribution in [0.15, 0.2) is 83.8 Å². The van der Waals surface area contributed by atoms with Gasteiger partial charge < -0.3 is 21.5 Å². The van der Waals surface area contributed by atoms with E-state index in [-0.39, 0.29) is 24.7 Å². The largest absolute Gasteiger partial charge is 0.384 e. The van der Waals surface area contributed by atoms with E-state index < -0.39 is 17.3 Å². The number of nitrogen functional groups attached to an aromatic ring is 1. The number of rotatable bonds is 8. The van der Waals surface area contributed by atoms with Gasteiger partial charge in [0.25, 0.3) is 5.56 Å². The summed E-state index contributed by atoms with van der Waals surface area (Å²) in [5, 5.41) is 17.7. The molecule has 9 heteroatoms. The summed E-state index contributed by atoms with van der Waals surface area (Å²) in [6.07, 6.45) is 2.84. The minimum atomic E-state index is -1.60. The summed E-state index contributed by atoms with van der Waals surface area (Å²) in [7, 11) is 0. The van der Waals surface area contributed by atoms with Crippen molar-refractivity contribution in [2.24, 2.45) is 0 Å². The normalized spacial score (nSPS) is 15.9. The summed E-state index contributed by atoms with van der Waals surface area (Å²) in [5.74, 6) is 0.139. The second-order valence-corrected chi connectivity index (χ2v) is 9.54. The maximum Gasteiger partial charge on any atom is 0.294 e. The Labute approximate surface area is 220 Å². The molecule has 0 aliphatic carbocycles. The molecule has 1 amide bonds. The Hall–Kier alpha value is -4.50. The lowest BCUT2D eigenvalue weighted by molar-refractivity contribution is -0.124. The fourth-order valence-electron chi connectivity index (χ4n) is 4.89. The Bertz CT molecular complexity index is 1510. The molecule has 2 atom stereocenters. The Morgan fingerprint density at radius 2 is 1.82 bits per heavy atom. The molecule has 4 aromatic rings. The van der Waals surface area contributed by atoms with Crippen LogP contribution in [0, 0.1) is 6.92 Å². The van der Waals surface area contributed by atoms with E-state index in [1.165, 1.54) is 4.57 Å². The average Bonchev–Trinajstić information content (AvgIpc) is 3.36. The molecule has 0 fully saturated rings. The van der Waals surface area contributed by atoms with Crippen LogP contribution in [-0.4, -0.2) is 25.5 Å². The third kappa shape index (κ3) is 5.14. The second kappa shape index (κ2) is 10.5. The van der Waals surface area contributed by atoms with Crippen LogP contribution in [0.25, 0.3) is 0 Å². The van der Waals surface area contributed by atoms with Crippen molar-refractivity contribution >= 4 is 17.5 Å². The maximum atomic E-state index is 13.6. The molecule has 0 saturated heterocycles. The monoisotopic (exact) mass is 510 g/mol. The predicted octanol–water partition coefficient (Wildman–Crippen LogP) is 2.83. The predicted molar refractivity (Wildman–Crippen MR) is 145 cm³/mol. The number of nitrogens with zero attached hydrogens (tertiary/aromatic N) is 3. The van der Waals surface area contributed by atoms with E-state index in [0.717, 1.165) is 16.8 Å². The van der Waals surface area contributed by atoms with Crippen LogP contribution < -0.4 is 21.9 Å². The van der Waals surface area contributed by atoms with Gasteiger partial charge in [-0.05, 0) is 37.0 Å². The number of hydrogen-bond donors (Lipinski definition) is 4. The van der Waals surface area contributed by atoms with E-state index in [1.807, 2.05) is 61.5 Å². The number of anilines is 2. The third-order valence-corrected chi connectivity index (χ3v) is 6.91. The van der Waals surface area contributed by atoms with Crippen LogP contribution in [0.1, 0.15) is 40.5 Å². The summed E-state index contributed by atoms with van der Waals surface area (Å²) in [6.45, 7) is 2.11. The molecule has 194 valence electrons. The highest BCUT2D eigenvalue weighted by molar-refractivity contribution is 5.81. The molecular weight excluding hydrogens is 480 g/mol. The van der Waals surface area contributed by atoms with E-state index >= 15 is 0 Å². The molecule has 5 rings (SSSR count). The van der Waals surface area contributed by atoms with Gasteiger partial charge in [-0.15, -0.1) is 0 Å². The number of hydrogen-bond acceptors (Lipinski definition) is 7. The number of nitrogens with two attached hydrogens (primary N) is 1. The van der Waals surface area contributed by atoms with Crippen LogP contribution in [0.3, 0.4) is 0 Å². The molecule has 5 N–H and O–H groups in total. The quantitative estimate of drug-likeness (QED) is 0.268. The van der Waals surface area contributed by atoms with E-state index in [1.54, 1.807) is 24.4 Å². The number of amides is 1. The van der Waals surface area contributed by atoms with Crippen LogP contribution in [0.5, 0.6) is 0 Å². The van der Waals surface area contributed by atoms with E-state index in [4.69, 9.17) is 5.73 Å². The third-order valence-electron chi connectivity index (χ3n) is 6.91. The van der Waals surface area contributed by atoms with Gasteiger partial charge >= 0.3 is 0 Å². The Morgan fingerprint density at radius 3 is 2.53 bits per heavy atom. The number of carbonyl (C=O) groups excluding carboxylic acids is 1. The molecule has 9 nitrogen and oxygen atoms in total. The zero-order chi connectivity index (χ0) is 26.7. The smallest absolute Gasteiger partial charge is 0.294 e. The van der Waals surface area contributed by atoms with Gasteiger partial charge in [-0.2, -0.15) is 0 Å². The molecule has 3 heterocycles. The van der Waals surface area contributed by atoms with Gasteiger partial charge in [0, 0.05) is 36.1 Å². The first-order chi connectivity index (χ1) is 18.3. The molecule has 1 aliphatic rings. The molecule has 2 aromatic heterocycles. The van der Waals surface area contributed by atoms with Crippen LogP contribution in [0.4, 0.5) is 11.6 Å². The molecule has 38 heavy (non-hydrogen) atoms. The molecule has 0 spiro atoms. The number of pyridine rings is 1. The summed E-state index contributed by atoms with van der Waals surface area (Å²) >= 11 is 0. The number of aliphatic hydroxyl groups is 1. The van der Waals surface area contributed by atoms with Crippen LogP contribution in [0.2, 0.25) is 0 Å². The minimum absolute atomic E-state index is 0.0192. The standard InChI is InChI=1S/C29H30N6O3/c1-19-21(12-15-25(30)33-19)17-32-27(36)24-14-13-23-18-31-26(28(37)35(23)24)34-29(38,22-10-6-3-7-11-22)16-20-8-4-2-5-9-20/h2-12,15,18,24,38H,13-14,16-17H2,1H3,(H2,30,33)(H,31,34)(H,32,36)/t24-,29+/m0/s1. The highest BCUT2D eigenvalue weighted by atomic mass is 16.3. The van der Waals surface area contributed by atoms with E-state index in [2.05, 4.69) is 20.6 Å². The number of aryl methyl sites for hydroxylation is 2. The van der Waals surface area contributed by atoms with Crippen molar-refractivity contribution in [3.8, 4) is 0 Å². The van der Waals surface area contributed by atoms with Gasteiger partial charge in [-0.25, -0.2) is 9.97 Å². The minimum Gasteiger partial charge on any atom is -0.384 e. The number of aromatic nitrogens is 3. The van der Waals surface area contributed by atoms with E-state index in [0.29, 0.717) is 29.9 Å². The van der Waals surface area contributed by atoms with Gasteiger partial charge in [-0.3, -0.25) is 14.2 Å².